The number of anilines is 2. The molecule has 0 aliphatic heterocycles. The van der Waals surface area contributed by atoms with Gasteiger partial charge in [-0.15, -0.1) is 0 Å². The van der Waals surface area contributed by atoms with E-state index in [0.717, 1.165) is 11.3 Å². The number of aryl methyl sites for hydroxylation is 1. The van der Waals surface area contributed by atoms with E-state index in [1.165, 1.54) is 7.11 Å². The van der Waals surface area contributed by atoms with Crippen molar-refractivity contribution in [3.63, 3.8) is 0 Å². The van der Waals surface area contributed by atoms with Gasteiger partial charge in [-0.2, -0.15) is 0 Å². The summed E-state index contributed by atoms with van der Waals surface area (Å²) in [7, 11) is 1.48. The monoisotopic (exact) mass is 205 g/mol. The Hall–Kier alpha value is -2.04. The summed E-state index contributed by atoms with van der Waals surface area (Å²) in [4.78, 5) is 0. The van der Waals surface area contributed by atoms with Crippen molar-refractivity contribution in [2.75, 3.05) is 12.4 Å². The van der Waals surface area contributed by atoms with Crippen LogP contribution in [0, 0.1) is 6.92 Å². The molecule has 1 N–H and O–H groups in total. The number of methoxy groups -OCH3 is 1. The number of nitrogens with zero attached hydrogens (tertiary/aromatic N) is 2. The maximum atomic E-state index is 5.14. The molecule has 0 saturated heterocycles. The maximum Gasteiger partial charge on any atom is 0.415 e. The van der Waals surface area contributed by atoms with Crippen LogP contribution in [-0.4, -0.2) is 17.3 Å². The van der Waals surface area contributed by atoms with Gasteiger partial charge in [-0.05, 0) is 18.6 Å². The molecule has 78 valence electrons. The maximum absolute atomic E-state index is 5.14. The Bertz CT molecular complexity index is 453. The van der Waals surface area contributed by atoms with Gasteiger partial charge in [0.15, 0.2) is 0 Å². The van der Waals surface area contributed by atoms with Gasteiger partial charge >= 0.3 is 12.1 Å². The van der Waals surface area contributed by atoms with Crippen LogP contribution < -0.4 is 10.1 Å². The van der Waals surface area contributed by atoms with E-state index in [9.17, 15) is 0 Å². The van der Waals surface area contributed by atoms with Gasteiger partial charge in [0.2, 0.25) is 0 Å². The summed E-state index contributed by atoms with van der Waals surface area (Å²) in [6.07, 6.45) is 0.145. The number of ether oxygens (including phenoxy) is 1. The van der Waals surface area contributed by atoms with E-state index in [2.05, 4.69) is 15.5 Å². The van der Waals surface area contributed by atoms with Crippen LogP contribution in [0.1, 0.15) is 5.56 Å². The molecule has 0 bridgehead atoms. The van der Waals surface area contributed by atoms with Crippen molar-refractivity contribution in [2.24, 2.45) is 0 Å². The smallest absolute Gasteiger partial charge is 0.415 e. The van der Waals surface area contributed by atoms with Crippen molar-refractivity contribution >= 4 is 11.7 Å². The van der Waals surface area contributed by atoms with Crippen LogP contribution in [0.15, 0.2) is 28.7 Å². The van der Waals surface area contributed by atoms with Crippen molar-refractivity contribution in [1.29, 1.82) is 0 Å². The van der Waals surface area contributed by atoms with Gasteiger partial charge in [0, 0.05) is 5.69 Å². The first kappa shape index (κ1) is 9.51. The van der Waals surface area contributed by atoms with Gasteiger partial charge in [-0.3, -0.25) is 0 Å². The molecule has 5 heteroatoms. The van der Waals surface area contributed by atoms with Crippen molar-refractivity contribution < 1.29 is 9.15 Å². The molecular weight excluding hydrogens is 194 g/mol. The topological polar surface area (TPSA) is 60.2 Å². The number of para-hydroxylation sites is 1. The highest BCUT2D eigenvalue weighted by Gasteiger charge is 2.06. The minimum atomic E-state index is 0.145. The van der Waals surface area contributed by atoms with E-state index in [1.54, 1.807) is 0 Å². The molecule has 0 radical (unpaired) electrons. The second-order valence-corrected chi connectivity index (χ2v) is 3.02. The molecule has 0 atom stereocenters. The van der Waals surface area contributed by atoms with Crippen molar-refractivity contribution in [2.45, 2.75) is 6.92 Å². The first-order valence-electron chi connectivity index (χ1n) is 4.50. The van der Waals surface area contributed by atoms with E-state index in [-0.39, 0.29) is 6.08 Å². The lowest BCUT2D eigenvalue weighted by Crippen LogP contribution is -1.92. The average Bonchev–Trinajstić information content (AvgIpc) is 2.69. The number of hydrogen-bond acceptors (Lipinski definition) is 5. The first-order valence-corrected chi connectivity index (χ1v) is 4.50. The Kier molecular flexibility index (Phi) is 2.53. The predicted molar refractivity (Wildman–Crippen MR) is 55.3 cm³/mol. The Morgan fingerprint density at radius 2 is 2.07 bits per heavy atom. The number of benzene rings is 1. The molecule has 0 unspecified atom stereocenters. The standard InChI is InChI=1S/C10H11N3O2/c1-7-5-3-4-6-8(7)11-9-12-13-10(14-2)15-9/h3-6H,1-2H3,(H,11,12). The van der Waals surface area contributed by atoms with Crippen molar-refractivity contribution in [3.05, 3.63) is 29.8 Å². The van der Waals surface area contributed by atoms with Crippen LogP contribution in [0.2, 0.25) is 0 Å². The minimum Gasteiger partial charge on any atom is -0.452 e. The summed E-state index contributed by atoms with van der Waals surface area (Å²) < 4.78 is 9.92. The minimum absolute atomic E-state index is 0.145. The number of hydrogen-bond donors (Lipinski definition) is 1. The molecule has 5 nitrogen and oxygen atoms in total. The van der Waals surface area contributed by atoms with Crippen LogP contribution in [0.3, 0.4) is 0 Å². The third-order valence-corrected chi connectivity index (χ3v) is 1.97. The van der Waals surface area contributed by atoms with Crippen LogP contribution in [-0.2, 0) is 0 Å². The second-order valence-electron chi connectivity index (χ2n) is 3.02. The Morgan fingerprint density at radius 3 is 2.73 bits per heavy atom. The lowest BCUT2D eigenvalue weighted by Gasteiger charge is -2.03. The fourth-order valence-corrected chi connectivity index (χ4v) is 1.17. The summed E-state index contributed by atoms with van der Waals surface area (Å²) in [6, 6.07) is 8.15. The van der Waals surface area contributed by atoms with Gasteiger partial charge in [-0.1, -0.05) is 28.4 Å². The number of aromatic nitrogens is 2. The molecule has 1 heterocycles. The fourth-order valence-electron chi connectivity index (χ4n) is 1.17. The quantitative estimate of drug-likeness (QED) is 0.831. The lowest BCUT2D eigenvalue weighted by molar-refractivity contribution is 0.294. The van der Waals surface area contributed by atoms with Crippen LogP contribution >= 0.6 is 0 Å². The third-order valence-electron chi connectivity index (χ3n) is 1.97. The van der Waals surface area contributed by atoms with Crippen molar-refractivity contribution in [3.8, 4) is 6.08 Å². The Balaban J connectivity index is 2.18. The second kappa shape index (κ2) is 4.00. The largest absolute Gasteiger partial charge is 0.452 e. The SMILES string of the molecule is COc1nnc(Nc2ccccc2C)o1. The molecular formula is C10H11N3O2. The highest BCUT2D eigenvalue weighted by molar-refractivity contribution is 5.56. The van der Waals surface area contributed by atoms with Crippen LogP contribution in [0.25, 0.3) is 0 Å². The lowest BCUT2D eigenvalue weighted by atomic mass is 10.2. The summed E-state index contributed by atoms with van der Waals surface area (Å²) in [5.41, 5.74) is 2.04. The Labute approximate surface area is 87.1 Å². The summed E-state index contributed by atoms with van der Waals surface area (Å²) in [5, 5.41) is 10.4. The first-order chi connectivity index (χ1) is 7.29. The van der Waals surface area contributed by atoms with Crippen molar-refractivity contribution in [1.82, 2.24) is 10.2 Å². The molecule has 2 aromatic rings. The average molecular weight is 205 g/mol. The number of rotatable bonds is 3. The van der Waals surface area contributed by atoms with Crippen LogP contribution in [0.4, 0.5) is 11.7 Å². The van der Waals surface area contributed by atoms with Gasteiger partial charge in [0.25, 0.3) is 0 Å². The Morgan fingerprint density at radius 1 is 1.27 bits per heavy atom. The van der Waals surface area contributed by atoms with E-state index in [0.29, 0.717) is 6.01 Å². The third kappa shape index (κ3) is 2.07. The molecule has 0 amide bonds. The van der Waals surface area contributed by atoms with Gasteiger partial charge < -0.3 is 14.5 Å². The van der Waals surface area contributed by atoms with Gasteiger partial charge in [-0.25, -0.2) is 0 Å². The molecule has 1 aromatic heterocycles. The summed E-state index contributed by atoms with van der Waals surface area (Å²) >= 11 is 0. The van der Waals surface area contributed by atoms with Gasteiger partial charge in [0.1, 0.15) is 0 Å². The molecule has 2 rings (SSSR count). The molecule has 0 saturated carbocycles. The molecule has 0 fully saturated rings. The zero-order valence-corrected chi connectivity index (χ0v) is 8.52. The highest BCUT2D eigenvalue weighted by atomic mass is 16.6. The molecule has 0 spiro atoms. The molecule has 0 aliphatic rings. The van der Waals surface area contributed by atoms with E-state index < -0.39 is 0 Å². The zero-order valence-electron chi connectivity index (χ0n) is 8.52. The molecule has 1 aromatic carbocycles. The molecule has 0 aliphatic carbocycles. The fraction of sp³-hybridized carbons (Fsp3) is 0.200. The summed E-state index contributed by atoms with van der Waals surface area (Å²) in [6.45, 7) is 2.00. The van der Waals surface area contributed by atoms with E-state index in [1.807, 2.05) is 31.2 Å². The number of nitrogens with one attached hydrogen (secondary N) is 1. The van der Waals surface area contributed by atoms with Gasteiger partial charge in [0.05, 0.1) is 7.11 Å². The summed E-state index contributed by atoms with van der Waals surface area (Å²) in [5.74, 6) is 0. The van der Waals surface area contributed by atoms with E-state index >= 15 is 0 Å². The highest BCUT2D eigenvalue weighted by Crippen LogP contribution is 2.20. The zero-order chi connectivity index (χ0) is 10.7. The normalized spacial score (nSPS) is 10.0. The molecule has 15 heavy (non-hydrogen) atoms. The van der Waals surface area contributed by atoms with E-state index in [4.69, 9.17) is 9.15 Å². The predicted octanol–water partition coefficient (Wildman–Crippen LogP) is 2.13. The van der Waals surface area contributed by atoms with Crippen LogP contribution in [0.5, 0.6) is 6.08 Å².